The van der Waals surface area contributed by atoms with Crippen molar-refractivity contribution in [1.29, 1.82) is 0 Å². The van der Waals surface area contributed by atoms with Crippen LogP contribution < -0.4 is 0 Å². The number of aliphatic carboxylic acids is 1. The summed E-state index contributed by atoms with van der Waals surface area (Å²) in [6, 6.07) is 0. The molecule has 0 radical (unpaired) electrons. The van der Waals surface area contributed by atoms with Gasteiger partial charge in [0, 0.05) is 11.3 Å². The standard InChI is InChI=1S/C29H47NO9/c1-25(2,36)9-8-23(33)28(5,37)22-7-11-29(38)17-12-19(30-39-15-24(34)35)18-13-20(31)21(32)14-26(18,3)16(17)6-10-27(22,29)4/h12,16,18,20-23,31-33,36-38H,6-11,13-15H2,1-5H3,(H,34,35)/t16-,18-,20+,21-,22-,23?,26+,27+,28+,29+/m0/s1. The fraction of sp³-hybridized carbons (Fsp3) is 0.862. The van der Waals surface area contributed by atoms with Crippen LogP contribution in [0.2, 0.25) is 0 Å². The Labute approximate surface area is 230 Å². The van der Waals surface area contributed by atoms with Crippen LogP contribution in [0.5, 0.6) is 0 Å². The minimum absolute atomic E-state index is 0.120. The molecule has 0 amide bonds. The molecule has 10 atom stereocenters. The highest BCUT2D eigenvalue weighted by molar-refractivity contribution is 5.99. The second kappa shape index (κ2) is 10.1. The van der Waals surface area contributed by atoms with Crippen molar-refractivity contribution in [3.8, 4) is 0 Å². The molecule has 10 heteroatoms. The van der Waals surface area contributed by atoms with Gasteiger partial charge >= 0.3 is 5.97 Å². The number of rotatable bonds is 8. The maximum atomic E-state index is 12.5. The number of aliphatic hydroxyl groups is 6. The number of hydrogen-bond donors (Lipinski definition) is 7. The van der Waals surface area contributed by atoms with E-state index in [1.54, 1.807) is 26.8 Å². The Hall–Kier alpha value is -1.56. The molecule has 0 aromatic carbocycles. The molecule has 4 rings (SSSR count). The molecule has 7 N–H and O–H groups in total. The van der Waals surface area contributed by atoms with Gasteiger partial charge in [-0.15, -0.1) is 0 Å². The summed E-state index contributed by atoms with van der Waals surface area (Å²) in [5.41, 5.74) is -3.98. The SMILES string of the molecule is CC(C)(O)CCC(O)[C@](C)(O)[C@H]1CC[C@@]2(O)C3=CC(=NOCC(=O)O)[C@@H]4C[C@@H](O)[C@@H](O)C[C@]4(C)[C@H]3CC[C@]12C. The van der Waals surface area contributed by atoms with Gasteiger partial charge in [0.1, 0.15) is 0 Å². The Morgan fingerprint density at radius 1 is 1.13 bits per heavy atom. The van der Waals surface area contributed by atoms with E-state index in [1.165, 1.54) is 0 Å². The first-order valence-electron chi connectivity index (χ1n) is 14.2. The first-order valence-corrected chi connectivity index (χ1v) is 14.2. The van der Waals surface area contributed by atoms with Gasteiger partial charge in [-0.25, -0.2) is 4.79 Å². The van der Waals surface area contributed by atoms with Crippen molar-refractivity contribution in [2.75, 3.05) is 6.61 Å². The summed E-state index contributed by atoms with van der Waals surface area (Å²) in [7, 11) is 0. The Morgan fingerprint density at radius 2 is 1.79 bits per heavy atom. The van der Waals surface area contributed by atoms with Crippen LogP contribution in [0.3, 0.4) is 0 Å². The Bertz CT molecular complexity index is 1020. The average Bonchev–Trinajstić information content (AvgIpc) is 3.10. The lowest BCUT2D eigenvalue weighted by Crippen LogP contribution is -2.62. The van der Waals surface area contributed by atoms with Crippen LogP contribution in [0, 0.1) is 28.6 Å². The smallest absolute Gasteiger partial charge is 0.344 e. The molecule has 10 nitrogen and oxygen atoms in total. The van der Waals surface area contributed by atoms with Gasteiger partial charge < -0.3 is 40.6 Å². The van der Waals surface area contributed by atoms with E-state index in [9.17, 15) is 35.4 Å². The van der Waals surface area contributed by atoms with Crippen LogP contribution in [0.15, 0.2) is 16.8 Å². The van der Waals surface area contributed by atoms with E-state index < -0.39 is 64.4 Å². The highest BCUT2D eigenvalue weighted by atomic mass is 16.6. The van der Waals surface area contributed by atoms with E-state index in [4.69, 9.17) is 9.94 Å². The Kier molecular flexibility index (Phi) is 7.84. The van der Waals surface area contributed by atoms with Crippen molar-refractivity contribution < 1.29 is 45.4 Å². The van der Waals surface area contributed by atoms with Gasteiger partial charge in [0.2, 0.25) is 6.61 Å². The molecule has 222 valence electrons. The zero-order valence-electron chi connectivity index (χ0n) is 23.8. The van der Waals surface area contributed by atoms with Crippen molar-refractivity contribution in [3.63, 3.8) is 0 Å². The molecule has 4 aliphatic carbocycles. The van der Waals surface area contributed by atoms with Crippen LogP contribution in [0.4, 0.5) is 0 Å². The van der Waals surface area contributed by atoms with Crippen LogP contribution in [-0.2, 0) is 9.63 Å². The molecular formula is C29H47NO9. The lowest BCUT2D eigenvalue weighted by molar-refractivity contribution is -0.172. The fourth-order valence-corrected chi connectivity index (χ4v) is 8.60. The van der Waals surface area contributed by atoms with Gasteiger partial charge in [0.05, 0.1) is 40.8 Å². The molecule has 39 heavy (non-hydrogen) atoms. The van der Waals surface area contributed by atoms with E-state index in [-0.39, 0.29) is 24.7 Å². The molecule has 0 spiro atoms. The third-order valence-corrected chi connectivity index (χ3v) is 10.9. The normalized spacial score (nSPS) is 43.5. The third-order valence-electron chi connectivity index (χ3n) is 10.9. The fourth-order valence-electron chi connectivity index (χ4n) is 8.60. The first kappa shape index (κ1) is 30.4. The molecule has 0 bridgehead atoms. The van der Waals surface area contributed by atoms with Gasteiger partial charge in [-0.2, -0.15) is 0 Å². The maximum Gasteiger partial charge on any atom is 0.344 e. The van der Waals surface area contributed by atoms with Crippen molar-refractivity contribution in [3.05, 3.63) is 11.6 Å². The van der Waals surface area contributed by atoms with Gasteiger partial charge in [-0.05, 0) is 101 Å². The van der Waals surface area contributed by atoms with Crippen molar-refractivity contribution in [2.45, 2.75) is 121 Å². The average molecular weight is 554 g/mol. The second-order valence-corrected chi connectivity index (χ2v) is 14.0. The van der Waals surface area contributed by atoms with Gasteiger partial charge in [0.15, 0.2) is 0 Å². The lowest BCUT2D eigenvalue weighted by atomic mass is 9.45. The lowest BCUT2D eigenvalue weighted by Gasteiger charge is -2.61. The zero-order valence-corrected chi connectivity index (χ0v) is 23.8. The largest absolute Gasteiger partial charge is 0.479 e. The molecule has 0 aliphatic heterocycles. The van der Waals surface area contributed by atoms with Gasteiger partial charge in [0.25, 0.3) is 0 Å². The van der Waals surface area contributed by atoms with E-state index in [0.717, 1.165) is 5.57 Å². The van der Waals surface area contributed by atoms with Crippen molar-refractivity contribution in [2.24, 2.45) is 33.7 Å². The van der Waals surface area contributed by atoms with E-state index in [1.807, 2.05) is 13.8 Å². The summed E-state index contributed by atoms with van der Waals surface area (Å²) in [5.74, 6) is -2.02. The molecule has 0 aromatic heterocycles. The van der Waals surface area contributed by atoms with Crippen LogP contribution in [-0.4, -0.2) is 89.1 Å². The molecule has 1 unspecified atom stereocenters. The quantitative estimate of drug-likeness (QED) is 0.220. The van der Waals surface area contributed by atoms with Gasteiger partial charge in [-0.3, -0.25) is 0 Å². The molecular weight excluding hydrogens is 506 g/mol. The molecule has 3 saturated carbocycles. The third kappa shape index (κ3) is 5.06. The first-order chi connectivity index (χ1) is 17.9. The second-order valence-electron chi connectivity index (χ2n) is 14.0. The van der Waals surface area contributed by atoms with E-state index in [2.05, 4.69) is 5.16 Å². The minimum atomic E-state index is -1.51. The summed E-state index contributed by atoms with van der Waals surface area (Å²) in [6.45, 7) is 8.31. The zero-order chi connectivity index (χ0) is 29.2. The van der Waals surface area contributed by atoms with Crippen LogP contribution >= 0.6 is 0 Å². The highest BCUT2D eigenvalue weighted by Gasteiger charge is 2.69. The number of allylic oxidation sites excluding steroid dienone is 1. The summed E-state index contributed by atoms with van der Waals surface area (Å²) in [4.78, 5) is 16.2. The predicted molar refractivity (Wildman–Crippen MR) is 143 cm³/mol. The molecule has 0 aromatic rings. The summed E-state index contributed by atoms with van der Waals surface area (Å²) in [6.07, 6.45) is 1.99. The number of aliphatic hydroxyl groups excluding tert-OH is 3. The van der Waals surface area contributed by atoms with Crippen LogP contribution in [0.25, 0.3) is 0 Å². The van der Waals surface area contributed by atoms with Crippen molar-refractivity contribution in [1.82, 2.24) is 0 Å². The van der Waals surface area contributed by atoms with E-state index in [0.29, 0.717) is 44.2 Å². The topological polar surface area (TPSA) is 180 Å². The summed E-state index contributed by atoms with van der Waals surface area (Å²) < 4.78 is 0. The number of oxime groups is 1. The number of fused-ring (bicyclic) bond motifs is 5. The summed E-state index contributed by atoms with van der Waals surface area (Å²) in [5, 5.41) is 79.8. The Balaban J connectivity index is 1.73. The molecule has 0 heterocycles. The highest BCUT2D eigenvalue weighted by Crippen LogP contribution is 2.68. The molecule has 4 aliphatic rings. The maximum absolute atomic E-state index is 12.5. The minimum Gasteiger partial charge on any atom is -0.479 e. The van der Waals surface area contributed by atoms with Crippen molar-refractivity contribution >= 4 is 11.7 Å². The predicted octanol–water partition coefficient (Wildman–Crippen LogP) is 1.74. The van der Waals surface area contributed by atoms with Gasteiger partial charge in [-0.1, -0.05) is 19.0 Å². The molecule has 0 saturated heterocycles. The number of carbonyl (C=O) groups is 1. The number of carboxylic acid groups (broad SMARTS) is 1. The molecule has 3 fully saturated rings. The number of hydrogen-bond acceptors (Lipinski definition) is 9. The summed E-state index contributed by atoms with van der Waals surface area (Å²) >= 11 is 0. The number of carboxylic acids is 1. The van der Waals surface area contributed by atoms with Crippen LogP contribution in [0.1, 0.15) is 86.0 Å². The number of nitrogens with zero attached hydrogens (tertiary/aromatic N) is 1. The van der Waals surface area contributed by atoms with E-state index >= 15 is 0 Å². The monoisotopic (exact) mass is 553 g/mol. The Morgan fingerprint density at radius 3 is 2.41 bits per heavy atom.